The predicted molar refractivity (Wildman–Crippen MR) is 89.7 cm³/mol. The molecule has 0 radical (unpaired) electrons. The summed E-state index contributed by atoms with van der Waals surface area (Å²) in [5.41, 5.74) is 1.62. The van der Waals surface area contributed by atoms with Gasteiger partial charge in [-0.15, -0.1) is 0 Å². The van der Waals surface area contributed by atoms with Crippen molar-refractivity contribution in [1.29, 1.82) is 0 Å². The standard InChI is InChI=1S/C18H26N2O3/c1-5-12(4)15-17(22)19-14-9-7-6-8-13(14)10-20(15)18(23)16(21)11(2)3/h6-9,11-12,15-16,21H,5,10H2,1-4H3,(H,19,22). The highest BCUT2D eigenvalue weighted by Crippen LogP contribution is 2.28. The highest BCUT2D eigenvalue weighted by molar-refractivity contribution is 5.99. The second-order valence-corrected chi connectivity index (χ2v) is 6.63. The van der Waals surface area contributed by atoms with Crippen molar-refractivity contribution in [3.05, 3.63) is 29.8 Å². The van der Waals surface area contributed by atoms with Crippen LogP contribution in [0.4, 0.5) is 5.69 Å². The Hall–Kier alpha value is -1.88. The molecule has 5 nitrogen and oxygen atoms in total. The Bertz CT molecular complexity index is 585. The molecule has 0 bridgehead atoms. The summed E-state index contributed by atoms with van der Waals surface area (Å²) in [4.78, 5) is 27.0. The molecule has 5 heteroatoms. The van der Waals surface area contributed by atoms with Crippen molar-refractivity contribution in [2.45, 2.75) is 52.8 Å². The van der Waals surface area contributed by atoms with Gasteiger partial charge in [-0.2, -0.15) is 0 Å². The molecule has 1 aliphatic rings. The molecule has 1 heterocycles. The molecule has 0 aromatic heterocycles. The zero-order valence-electron chi connectivity index (χ0n) is 14.2. The van der Waals surface area contributed by atoms with Crippen LogP contribution >= 0.6 is 0 Å². The van der Waals surface area contributed by atoms with Crippen LogP contribution in [0.5, 0.6) is 0 Å². The predicted octanol–water partition coefficient (Wildman–Crippen LogP) is 2.40. The van der Waals surface area contributed by atoms with Crippen LogP contribution in [0.2, 0.25) is 0 Å². The third-order valence-electron chi connectivity index (χ3n) is 4.57. The van der Waals surface area contributed by atoms with Gasteiger partial charge in [-0.1, -0.05) is 52.3 Å². The number of fused-ring (bicyclic) bond motifs is 1. The normalized spacial score (nSPS) is 20.5. The zero-order chi connectivity index (χ0) is 17.1. The number of hydrogen-bond donors (Lipinski definition) is 2. The smallest absolute Gasteiger partial charge is 0.252 e. The average molecular weight is 318 g/mol. The molecule has 0 saturated carbocycles. The lowest BCUT2D eigenvalue weighted by atomic mass is 9.95. The largest absolute Gasteiger partial charge is 0.383 e. The minimum atomic E-state index is -1.10. The molecule has 0 spiro atoms. The number of nitrogens with zero attached hydrogens (tertiary/aromatic N) is 1. The van der Waals surface area contributed by atoms with Crippen LogP contribution in [0.15, 0.2) is 24.3 Å². The van der Waals surface area contributed by atoms with Gasteiger partial charge in [0.15, 0.2) is 0 Å². The lowest BCUT2D eigenvalue weighted by molar-refractivity contribution is -0.150. The summed E-state index contributed by atoms with van der Waals surface area (Å²) < 4.78 is 0. The summed E-state index contributed by atoms with van der Waals surface area (Å²) in [5.74, 6) is -0.750. The Morgan fingerprint density at radius 2 is 2.00 bits per heavy atom. The Morgan fingerprint density at radius 1 is 1.35 bits per heavy atom. The molecule has 2 N–H and O–H groups in total. The lowest BCUT2D eigenvalue weighted by Crippen LogP contribution is -2.52. The SMILES string of the molecule is CCC(C)C1C(=O)Nc2ccccc2CN1C(=O)C(O)C(C)C. The molecule has 0 saturated heterocycles. The van der Waals surface area contributed by atoms with Crippen LogP contribution in [-0.4, -0.2) is 34.0 Å². The highest BCUT2D eigenvalue weighted by atomic mass is 16.3. The van der Waals surface area contributed by atoms with E-state index in [4.69, 9.17) is 0 Å². The molecule has 23 heavy (non-hydrogen) atoms. The van der Waals surface area contributed by atoms with E-state index >= 15 is 0 Å². The minimum absolute atomic E-state index is 0.00706. The molecule has 1 aromatic rings. The quantitative estimate of drug-likeness (QED) is 0.895. The van der Waals surface area contributed by atoms with Crippen LogP contribution in [-0.2, 0) is 16.1 Å². The van der Waals surface area contributed by atoms with Crippen molar-refractivity contribution in [2.24, 2.45) is 11.8 Å². The molecule has 126 valence electrons. The van der Waals surface area contributed by atoms with E-state index in [0.29, 0.717) is 6.54 Å². The molecule has 0 aliphatic carbocycles. The summed E-state index contributed by atoms with van der Waals surface area (Å²) in [7, 11) is 0. The molecular weight excluding hydrogens is 292 g/mol. The molecule has 3 unspecified atom stereocenters. The van der Waals surface area contributed by atoms with Crippen LogP contribution < -0.4 is 5.32 Å². The fourth-order valence-corrected chi connectivity index (χ4v) is 2.87. The van der Waals surface area contributed by atoms with E-state index in [-0.39, 0.29) is 23.7 Å². The molecule has 0 fully saturated rings. The van der Waals surface area contributed by atoms with E-state index in [2.05, 4.69) is 5.32 Å². The van der Waals surface area contributed by atoms with E-state index in [1.807, 2.05) is 38.1 Å². The first kappa shape index (κ1) is 17.5. The first-order valence-corrected chi connectivity index (χ1v) is 8.24. The van der Waals surface area contributed by atoms with Crippen LogP contribution in [0.25, 0.3) is 0 Å². The zero-order valence-corrected chi connectivity index (χ0v) is 14.2. The minimum Gasteiger partial charge on any atom is -0.383 e. The first-order valence-electron chi connectivity index (χ1n) is 8.24. The number of aliphatic hydroxyl groups excluding tert-OH is 1. The van der Waals surface area contributed by atoms with Gasteiger partial charge in [0.25, 0.3) is 5.91 Å². The number of amides is 2. The van der Waals surface area contributed by atoms with Crippen LogP contribution in [0.3, 0.4) is 0 Å². The highest BCUT2D eigenvalue weighted by Gasteiger charge is 2.39. The number of benzene rings is 1. The lowest BCUT2D eigenvalue weighted by Gasteiger charge is -2.34. The monoisotopic (exact) mass is 318 g/mol. The molecule has 2 rings (SSSR count). The average Bonchev–Trinajstić information content (AvgIpc) is 2.68. The van der Waals surface area contributed by atoms with E-state index in [1.54, 1.807) is 18.7 Å². The maximum atomic E-state index is 12.8. The van der Waals surface area contributed by atoms with Gasteiger partial charge in [0.1, 0.15) is 12.1 Å². The molecule has 3 atom stereocenters. The molecule has 1 aromatic carbocycles. The summed E-state index contributed by atoms with van der Waals surface area (Å²) in [6, 6.07) is 6.91. The van der Waals surface area contributed by atoms with Crippen LogP contribution in [0, 0.1) is 11.8 Å². The maximum absolute atomic E-state index is 12.8. The summed E-state index contributed by atoms with van der Waals surface area (Å²) in [6.45, 7) is 7.88. The van der Waals surface area contributed by atoms with Crippen molar-refractivity contribution in [2.75, 3.05) is 5.32 Å². The fourth-order valence-electron chi connectivity index (χ4n) is 2.87. The number of aliphatic hydroxyl groups is 1. The number of hydrogen-bond acceptors (Lipinski definition) is 3. The Kier molecular flexibility index (Phi) is 5.42. The molecule has 2 amide bonds. The van der Waals surface area contributed by atoms with E-state index in [0.717, 1.165) is 17.7 Å². The van der Waals surface area contributed by atoms with Crippen molar-refractivity contribution in [1.82, 2.24) is 4.90 Å². The summed E-state index contributed by atoms with van der Waals surface area (Å²) >= 11 is 0. The van der Waals surface area contributed by atoms with Gasteiger partial charge in [-0.05, 0) is 23.5 Å². The van der Waals surface area contributed by atoms with Crippen molar-refractivity contribution >= 4 is 17.5 Å². The van der Waals surface area contributed by atoms with E-state index in [9.17, 15) is 14.7 Å². The van der Waals surface area contributed by atoms with Gasteiger partial charge in [-0.3, -0.25) is 9.59 Å². The summed E-state index contributed by atoms with van der Waals surface area (Å²) in [6.07, 6.45) is -0.324. The third-order valence-corrected chi connectivity index (χ3v) is 4.57. The Morgan fingerprint density at radius 3 is 2.61 bits per heavy atom. The number of para-hydroxylation sites is 1. The van der Waals surface area contributed by atoms with E-state index < -0.39 is 12.1 Å². The van der Waals surface area contributed by atoms with Gasteiger partial charge in [-0.25, -0.2) is 0 Å². The van der Waals surface area contributed by atoms with Crippen molar-refractivity contribution in [3.63, 3.8) is 0 Å². The van der Waals surface area contributed by atoms with Gasteiger partial charge in [0, 0.05) is 12.2 Å². The first-order chi connectivity index (χ1) is 10.9. The van der Waals surface area contributed by atoms with Crippen molar-refractivity contribution < 1.29 is 14.7 Å². The summed E-state index contributed by atoms with van der Waals surface area (Å²) in [5, 5.41) is 13.1. The number of anilines is 1. The maximum Gasteiger partial charge on any atom is 0.252 e. The number of rotatable bonds is 4. The van der Waals surface area contributed by atoms with E-state index in [1.165, 1.54) is 0 Å². The second kappa shape index (κ2) is 7.13. The van der Waals surface area contributed by atoms with Crippen LogP contribution in [0.1, 0.15) is 39.7 Å². The van der Waals surface area contributed by atoms with Gasteiger partial charge >= 0.3 is 0 Å². The Labute approximate surface area is 137 Å². The molecule has 1 aliphatic heterocycles. The molecular formula is C18H26N2O3. The topological polar surface area (TPSA) is 69.6 Å². The third kappa shape index (κ3) is 3.55. The number of carbonyl (C=O) groups is 2. The van der Waals surface area contributed by atoms with Gasteiger partial charge < -0.3 is 15.3 Å². The van der Waals surface area contributed by atoms with Gasteiger partial charge in [0.05, 0.1) is 0 Å². The van der Waals surface area contributed by atoms with Gasteiger partial charge in [0.2, 0.25) is 5.91 Å². The second-order valence-electron chi connectivity index (χ2n) is 6.63. The number of carbonyl (C=O) groups excluding carboxylic acids is 2. The van der Waals surface area contributed by atoms with Crippen molar-refractivity contribution in [3.8, 4) is 0 Å². The fraction of sp³-hybridized carbons (Fsp3) is 0.556. The Balaban J connectivity index is 2.44. The number of nitrogens with one attached hydrogen (secondary N) is 1.